The van der Waals surface area contributed by atoms with Crippen LogP contribution in [0.3, 0.4) is 0 Å². The largest absolute Gasteiger partial charge is 0.460 e. The lowest BCUT2D eigenvalue weighted by atomic mass is 9.76. The molecule has 0 unspecified atom stereocenters. The highest BCUT2D eigenvalue weighted by Gasteiger charge is 2.56. The van der Waals surface area contributed by atoms with E-state index >= 15 is 0 Å². The van der Waals surface area contributed by atoms with Gasteiger partial charge in [0, 0.05) is 55.9 Å². The summed E-state index contributed by atoms with van der Waals surface area (Å²) in [6, 6.07) is 7.00. The monoisotopic (exact) mass is 616 g/mol. The molecule has 0 saturated carbocycles. The number of aromatic nitrogens is 1. The Kier molecular flexibility index (Phi) is 8.94. The molecule has 0 bridgehead atoms. The van der Waals surface area contributed by atoms with Crippen molar-refractivity contribution < 1.29 is 37.7 Å². The van der Waals surface area contributed by atoms with Gasteiger partial charge in [0.1, 0.15) is 18.3 Å². The molecule has 13 heteroatoms. The standard InChI is InChI=1S/C16H23NO6.C14H17N3O2S/c1-9-13(18)23-11-5-7-17-6-4-10(12(11)17)8-22-14(19)16(3,21)15(9,2)20;18-20(19,17-9-2-6-15-8-10-17)14-4-1-3-12-11-16-7-5-13(12)14/h4,9,11-12,20-21H,5-8H2,1-3H3;1,3-5,7,11,15H,2,6,8-10H2/t9-,11+,12+,15+,16-;/m0./s1. The average Bonchev–Trinajstić information content (AvgIpc) is 3.45. The van der Waals surface area contributed by atoms with Gasteiger partial charge in [0.2, 0.25) is 10.0 Å². The molecule has 4 aliphatic heterocycles. The minimum Gasteiger partial charge on any atom is -0.460 e. The highest BCUT2D eigenvalue weighted by molar-refractivity contribution is 7.89. The maximum Gasteiger partial charge on any atom is 0.341 e. The lowest BCUT2D eigenvalue weighted by Gasteiger charge is -2.39. The van der Waals surface area contributed by atoms with E-state index in [0.717, 1.165) is 49.3 Å². The second kappa shape index (κ2) is 12.2. The molecule has 0 radical (unpaired) electrons. The molecule has 4 aliphatic rings. The highest BCUT2D eigenvalue weighted by Crippen LogP contribution is 2.37. The zero-order valence-corrected chi connectivity index (χ0v) is 25.5. The molecule has 1 aromatic carbocycles. The van der Waals surface area contributed by atoms with E-state index in [1.807, 2.05) is 12.1 Å². The average molecular weight is 617 g/mol. The molecular formula is C30H40N4O8S. The molecule has 5 heterocycles. The molecule has 6 rings (SSSR count). The molecule has 3 saturated heterocycles. The molecule has 12 nitrogen and oxygen atoms in total. The molecule has 0 amide bonds. The van der Waals surface area contributed by atoms with Crippen LogP contribution in [-0.4, -0.2) is 114 Å². The van der Waals surface area contributed by atoms with Crippen molar-refractivity contribution in [2.75, 3.05) is 45.9 Å². The Bertz CT molecular complexity index is 1500. The van der Waals surface area contributed by atoms with E-state index in [1.54, 1.807) is 34.9 Å². The lowest BCUT2D eigenvalue weighted by Crippen LogP contribution is -2.61. The molecule has 0 spiro atoms. The Morgan fingerprint density at radius 3 is 2.67 bits per heavy atom. The van der Waals surface area contributed by atoms with E-state index in [-0.39, 0.29) is 18.8 Å². The zero-order chi connectivity index (χ0) is 31.0. The van der Waals surface area contributed by atoms with E-state index in [4.69, 9.17) is 9.47 Å². The third-order valence-corrected chi connectivity index (χ3v) is 11.1. The number of sulfonamides is 1. The predicted octanol–water partition coefficient (Wildman–Crippen LogP) is 0.826. The number of carbonyl (C=O) groups is 2. The molecule has 0 aliphatic carbocycles. The number of ether oxygens (including phenoxy) is 2. The molecule has 3 N–H and O–H groups in total. The number of rotatable bonds is 2. The first kappa shape index (κ1) is 31.5. The van der Waals surface area contributed by atoms with Crippen LogP contribution in [0.25, 0.3) is 10.8 Å². The Morgan fingerprint density at radius 1 is 1.09 bits per heavy atom. The van der Waals surface area contributed by atoms with E-state index in [2.05, 4.69) is 15.2 Å². The Balaban J connectivity index is 0.000000173. The Morgan fingerprint density at radius 2 is 1.88 bits per heavy atom. The highest BCUT2D eigenvalue weighted by atomic mass is 32.2. The maximum absolute atomic E-state index is 12.8. The van der Waals surface area contributed by atoms with Gasteiger partial charge >= 0.3 is 11.9 Å². The summed E-state index contributed by atoms with van der Waals surface area (Å²) in [5.74, 6) is -2.65. The maximum atomic E-state index is 12.8. The molecule has 3 fully saturated rings. The molecule has 1 aromatic heterocycles. The smallest absolute Gasteiger partial charge is 0.341 e. The van der Waals surface area contributed by atoms with Crippen molar-refractivity contribution in [3.8, 4) is 0 Å². The van der Waals surface area contributed by atoms with Gasteiger partial charge in [0.25, 0.3) is 0 Å². The topological polar surface area (TPSA) is 159 Å². The minimum absolute atomic E-state index is 0.0225. The van der Waals surface area contributed by atoms with Crippen LogP contribution in [0.4, 0.5) is 0 Å². The number of carbonyl (C=O) groups excluding carboxylic acids is 2. The van der Waals surface area contributed by atoms with Crippen LogP contribution in [0.15, 0.2) is 53.2 Å². The number of aliphatic hydroxyl groups is 2. The third kappa shape index (κ3) is 5.94. The normalized spacial score (nSPS) is 32.4. The number of hydrogen-bond acceptors (Lipinski definition) is 11. The third-order valence-electron chi connectivity index (χ3n) is 9.19. The van der Waals surface area contributed by atoms with Gasteiger partial charge in [-0.2, -0.15) is 4.31 Å². The fourth-order valence-electron chi connectivity index (χ4n) is 6.04. The van der Waals surface area contributed by atoms with E-state index < -0.39 is 39.1 Å². The zero-order valence-electron chi connectivity index (χ0n) is 24.7. The fraction of sp³-hybridized carbons (Fsp3) is 0.567. The summed E-state index contributed by atoms with van der Waals surface area (Å²) in [4.78, 5) is 31.3. The molecular weight excluding hydrogens is 576 g/mol. The van der Waals surface area contributed by atoms with Crippen LogP contribution in [0.1, 0.15) is 33.6 Å². The first-order valence-electron chi connectivity index (χ1n) is 14.6. The summed E-state index contributed by atoms with van der Waals surface area (Å²) < 4.78 is 38.1. The van der Waals surface area contributed by atoms with Crippen molar-refractivity contribution in [2.24, 2.45) is 5.92 Å². The van der Waals surface area contributed by atoms with Crippen molar-refractivity contribution >= 4 is 32.7 Å². The predicted molar refractivity (Wildman–Crippen MR) is 157 cm³/mol. The van der Waals surface area contributed by atoms with E-state index in [0.29, 0.717) is 31.0 Å². The van der Waals surface area contributed by atoms with Crippen LogP contribution in [-0.2, 0) is 29.1 Å². The lowest BCUT2D eigenvalue weighted by molar-refractivity contribution is -0.205. The fourth-order valence-corrected chi connectivity index (χ4v) is 7.74. The first-order valence-corrected chi connectivity index (χ1v) is 16.1. The van der Waals surface area contributed by atoms with Gasteiger partial charge in [0.05, 0.1) is 16.9 Å². The summed E-state index contributed by atoms with van der Waals surface area (Å²) in [5, 5.41) is 25.9. The first-order chi connectivity index (χ1) is 20.4. The summed E-state index contributed by atoms with van der Waals surface area (Å²) >= 11 is 0. The number of pyridine rings is 1. The van der Waals surface area contributed by atoms with Crippen molar-refractivity contribution in [3.05, 3.63) is 48.3 Å². The summed E-state index contributed by atoms with van der Waals surface area (Å²) in [7, 11) is -3.45. The number of nitrogens with zero attached hydrogens (tertiary/aromatic N) is 3. The summed E-state index contributed by atoms with van der Waals surface area (Å²) in [5.41, 5.74) is -3.35. The van der Waals surface area contributed by atoms with E-state index in [9.17, 15) is 28.2 Å². The van der Waals surface area contributed by atoms with Gasteiger partial charge in [0.15, 0.2) is 5.60 Å². The molecule has 5 atom stereocenters. The number of esters is 2. The van der Waals surface area contributed by atoms with Crippen LogP contribution < -0.4 is 5.32 Å². The van der Waals surface area contributed by atoms with Crippen molar-refractivity contribution in [1.29, 1.82) is 0 Å². The van der Waals surface area contributed by atoms with Crippen LogP contribution >= 0.6 is 0 Å². The van der Waals surface area contributed by atoms with Gasteiger partial charge in [-0.3, -0.25) is 14.7 Å². The molecule has 43 heavy (non-hydrogen) atoms. The van der Waals surface area contributed by atoms with Crippen LogP contribution in [0.2, 0.25) is 0 Å². The molecule has 234 valence electrons. The quantitative estimate of drug-likeness (QED) is 0.324. The van der Waals surface area contributed by atoms with Crippen molar-refractivity contribution in [1.82, 2.24) is 19.5 Å². The second-order valence-electron chi connectivity index (χ2n) is 11.9. The Hall–Kier alpha value is -2.94. The number of fused-ring (bicyclic) bond motifs is 1. The summed E-state index contributed by atoms with van der Waals surface area (Å²) in [6.45, 7) is 8.06. The van der Waals surface area contributed by atoms with Gasteiger partial charge < -0.3 is 25.0 Å². The van der Waals surface area contributed by atoms with Gasteiger partial charge in [-0.1, -0.05) is 18.2 Å². The van der Waals surface area contributed by atoms with Gasteiger partial charge in [-0.15, -0.1) is 0 Å². The van der Waals surface area contributed by atoms with Gasteiger partial charge in [-0.25, -0.2) is 13.2 Å². The number of nitrogens with one attached hydrogen (secondary N) is 1. The van der Waals surface area contributed by atoms with Crippen molar-refractivity contribution in [2.45, 2.75) is 61.9 Å². The molecule has 2 aromatic rings. The Labute approximate surface area is 251 Å². The number of hydrogen-bond donors (Lipinski definition) is 3. The second-order valence-corrected chi connectivity index (χ2v) is 13.8. The minimum atomic E-state index is -3.45. The summed E-state index contributed by atoms with van der Waals surface area (Å²) in [6.07, 6.45) is 6.50. The van der Waals surface area contributed by atoms with E-state index in [1.165, 1.54) is 13.8 Å². The number of cyclic esters (lactones) is 1. The number of benzene rings is 1. The van der Waals surface area contributed by atoms with Gasteiger partial charge in [-0.05, 0) is 57.9 Å². The SMILES string of the molecule is C[C@H]1C(=O)O[C@@H]2CCN3CC=C(COC(=O)[C@](C)(O)[C@]1(C)O)[C@H]23.O=S(=O)(c1cccc2cnccc12)N1CCCNCC1. The van der Waals surface area contributed by atoms with Crippen LogP contribution in [0.5, 0.6) is 0 Å². The van der Waals surface area contributed by atoms with Crippen molar-refractivity contribution in [3.63, 3.8) is 0 Å². The van der Waals surface area contributed by atoms with Crippen LogP contribution in [0, 0.1) is 5.92 Å².